The van der Waals surface area contributed by atoms with Crippen molar-refractivity contribution in [1.29, 1.82) is 0 Å². The molecule has 0 spiro atoms. The van der Waals surface area contributed by atoms with Gasteiger partial charge in [0, 0.05) is 15.8 Å². The van der Waals surface area contributed by atoms with E-state index in [0.29, 0.717) is 13.2 Å². The summed E-state index contributed by atoms with van der Waals surface area (Å²) in [6, 6.07) is 8.28. The molecule has 18 heavy (non-hydrogen) atoms. The van der Waals surface area contributed by atoms with E-state index < -0.39 is 0 Å². The number of thiophene rings is 1. The van der Waals surface area contributed by atoms with Crippen LogP contribution in [0.1, 0.15) is 10.4 Å². The summed E-state index contributed by atoms with van der Waals surface area (Å²) in [5.41, 5.74) is 6.21. The predicted octanol–water partition coefficient (Wildman–Crippen LogP) is 2.78. The van der Waals surface area contributed by atoms with Gasteiger partial charge in [-0.2, -0.15) is 0 Å². The summed E-state index contributed by atoms with van der Waals surface area (Å²) >= 11 is 1.53. The molecule has 92 valence electrons. The zero-order chi connectivity index (χ0) is 12.8. The van der Waals surface area contributed by atoms with E-state index in [1.54, 1.807) is 18.2 Å². The lowest BCUT2D eigenvalue weighted by molar-refractivity contribution is 0.293. The van der Waals surface area contributed by atoms with Gasteiger partial charge in [-0.3, -0.25) is 0 Å². The Balaban J connectivity index is 1.98. The highest BCUT2D eigenvalue weighted by atomic mass is 32.1. The first-order valence-corrected chi connectivity index (χ1v) is 6.31. The molecule has 0 aliphatic carbocycles. The minimum absolute atomic E-state index is 0.264. The second-order valence-corrected chi connectivity index (χ2v) is 4.52. The van der Waals surface area contributed by atoms with Gasteiger partial charge in [0.25, 0.3) is 0 Å². The first-order valence-electron chi connectivity index (χ1n) is 5.43. The highest BCUT2D eigenvalue weighted by Crippen LogP contribution is 2.20. The second-order valence-electron chi connectivity index (χ2n) is 3.53. The van der Waals surface area contributed by atoms with E-state index in [4.69, 9.17) is 10.5 Å². The molecular weight excluding hydrogens is 249 g/mol. The summed E-state index contributed by atoms with van der Waals surface area (Å²) < 4.78 is 18.7. The lowest BCUT2D eigenvalue weighted by Crippen LogP contribution is -1.95. The lowest BCUT2D eigenvalue weighted by Gasteiger charge is -2.04. The van der Waals surface area contributed by atoms with Crippen molar-refractivity contribution in [2.24, 2.45) is 5.73 Å². The summed E-state index contributed by atoms with van der Waals surface area (Å²) in [6.07, 6.45) is 0. The molecule has 2 rings (SSSR count). The minimum atomic E-state index is -0.350. The lowest BCUT2D eigenvalue weighted by atomic mass is 10.3. The van der Waals surface area contributed by atoms with Gasteiger partial charge in [0.1, 0.15) is 6.61 Å². The van der Waals surface area contributed by atoms with E-state index in [1.807, 2.05) is 11.4 Å². The van der Waals surface area contributed by atoms with E-state index in [1.165, 1.54) is 17.4 Å². The molecule has 1 heterocycles. The Morgan fingerprint density at radius 2 is 2.17 bits per heavy atom. The number of ether oxygens (including phenoxy) is 1. The zero-order valence-corrected chi connectivity index (χ0v) is 10.5. The molecule has 0 unspecified atom stereocenters. The van der Waals surface area contributed by atoms with E-state index in [-0.39, 0.29) is 11.6 Å². The first-order chi connectivity index (χ1) is 8.79. The van der Waals surface area contributed by atoms with E-state index in [2.05, 4.69) is 11.8 Å². The number of hydrogen-bond donors (Lipinski definition) is 1. The summed E-state index contributed by atoms with van der Waals surface area (Å²) in [6.45, 7) is 0.687. The number of para-hydroxylation sites is 1. The van der Waals surface area contributed by atoms with Gasteiger partial charge in [0.15, 0.2) is 11.6 Å². The summed E-state index contributed by atoms with van der Waals surface area (Å²) in [5.74, 6) is 5.64. The molecule has 0 saturated heterocycles. The summed E-state index contributed by atoms with van der Waals surface area (Å²) in [5, 5.41) is 1.93. The monoisotopic (exact) mass is 261 g/mol. The maximum Gasteiger partial charge on any atom is 0.165 e. The SMILES string of the molecule is NCC#Cc1csc(COc2ccccc2F)c1. The Labute approximate surface area is 109 Å². The smallest absolute Gasteiger partial charge is 0.165 e. The number of hydrogen-bond acceptors (Lipinski definition) is 3. The average molecular weight is 261 g/mol. The zero-order valence-electron chi connectivity index (χ0n) is 9.65. The van der Waals surface area contributed by atoms with Gasteiger partial charge in [0.2, 0.25) is 0 Å². The van der Waals surface area contributed by atoms with Crippen LogP contribution < -0.4 is 10.5 Å². The molecule has 1 aromatic heterocycles. The third-order valence-corrected chi connectivity index (χ3v) is 3.11. The predicted molar refractivity (Wildman–Crippen MR) is 71.0 cm³/mol. The molecule has 0 saturated carbocycles. The van der Waals surface area contributed by atoms with Crippen molar-refractivity contribution >= 4 is 11.3 Å². The molecule has 0 amide bonds. The topological polar surface area (TPSA) is 35.2 Å². The standard InChI is InChI=1S/C14H12FNOS/c15-13-5-1-2-6-14(13)17-9-12-8-11(10-18-12)4-3-7-16/h1-2,5-6,8,10H,7,9,16H2. The Kier molecular flexibility index (Phi) is 4.35. The van der Waals surface area contributed by atoms with Gasteiger partial charge in [-0.1, -0.05) is 24.0 Å². The Bertz CT molecular complexity index is 583. The average Bonchev–Trinajstić information content (AvgIpc) is 2.83. The van der Waals surface area contributed by atoms with Crippen LogP contribution in [0.3, 0.4) is 0 Å². The molecule has 4 heteroatoms. The molecule has 0 fully saturated rings. The van der Waals surface area contributed by atoms with Crippen LogP contribution >= 0.6 is 11.3 Å². The number of benzene rings is 1. The molecule has 2 nitrogen and oxygen atoms in total. The highest BCUT2D eigenvalue weighted by Gasteiger charge is 2.03. The van der Waals surface area contributed by atoms with E-state index >= 15 is 0 Å². The molecule has 0 atom stereocenters. The van der Waals surface area contributed by atoms with Gasteiger partial charge in [0.05, 0.1) is 6.54 Å². The fourth-order valence-electron chi connectivity index (χ4n) is 1.39. The number of rotatable bonds is 3. The maximum atomic E-state index is 13.3. The van der Waals surface area contributed by atoms with Crippen LogP contribution in [-0.4, -0.2) is 6.54 Å². The van der Waals surface area contributed by atoms with Gasteiger partial charge >= 0.3 is 0 Å². The van der Waals surface area contributed by atoms with Gasteiger partial charge in [-0.25, -0.2) is 4.39 Å². The van der Waals surface area contributed by atoms with Gasteiger partial charge < -0.3 is 10.5 Å². The molecule has 0 bridgehead atoms. The molecule has 0 radical (unpaired) electrons. The quantitative estimate of drug-likeness (QED) is 0.862. The van der Waals surface area contributed by atoms with Crippen molar-refractivity contribution in [3.05, 3.63) is 52.0 Å². The molecule has 0 aliphatic heterocycles. The molecule has 0 aliphatic rings. The highest BCUT2D eigenvalue weighted by molar-refractivity contribution is 7.10. The third-order valence-electron chi connectivity index (χ3n) is 2.20. The van der Waals surface area contributed by atoms with Crippen molar-refractivity contribution in [2.75, 3.05) is 6.54 Å². The van der Waals surface area contributed by atoms with Crippen molar-refractivity contribution in [3.8, 4) is 17.6 Å². The van der Waals surface area contributed by atoms with E-state index in [0.717, 1.165) is 10.4 Å². The minimum Gasteiger partial charge on any atom is -0.485 e. The third kappa shape index (κ3) is 3.33. The van der Waals surface area contributed by atoms with Crippen molar-refractivity contribution in [1.82, 2.24) is 0 Å². The largest absolute Gasteiger partial charge is 0.485 e. The van der Waals surface area contributed by atoms with Crippen LogP contribution in [0.2, 0.25) is 0 Å². The fraction of sp³-hybridized carbons (Fsp3) is 0.143. The summed E-state index contributed by atoms with van der Waals surface area (Å²) in [4.78, 5) is 1.000. The van der Waals surface area contributed by atoms with Gasteiger partial charge in [-0.15, -0.1) is 11.3 Å². The molecular formula is C14H12FNOS. The Morgan fingerprint density at radius 3 is 2.94 bits per heavy atom. The van der Waals surface area contributed by atoms with Crippen molar-refractivity contribution in [2.45, 2.75) is 6.61 Å². The normalized spacial score (nSPS) is 9.67. The second kappa shape index (κ2) is 6.20. The van der Waals surface area contributed by atoms with E-state index in [9.17, 15) is 4.39 Å². The van der Waals surface area contributed by atoms with Crippen molar-refractivity contribution < 1.29 is 9.13 Å². The van der Waals surface area contributed by atoms with Crippen LogP contribution in [0.25, 0.3) is 0 Å². The van der Waals surface area contributed by atoms with Crippen LogP contribution in [0.4, 0.5) is 4.39 Å². The van der Waals surface area contributed by atoms with Crippen molar-refractivity contribution in [3.63, 3.8) is 0 Å². The maximum absolute atomic E-state index is 13.3. The Morgan fingerprint density at radius 1 is 1.33 bits per heavy atom. The van der Waals surface area contributed by atoms with Crippen LogP contribution in [0.5, 0.6) is 5.75 Å². The van der Waals surface area contributed by atoms with Gasteiger partial charge in [-0.05, 0) is 18.2 Å². The molecule has 1 aromatic carbocycles. The Hall–Kier alpha value is -1.83. The first kappa shape index (κ1) is 12.6. The molecule has 2 aromatic rings. The number of nitrogens with two attached hydrogens (primary N) is 1. The number of halogens is 1. The van der Waals surface area contributed by atoms with Crippen LogP contribution in [0.15, 0.2) is 35.7 Å². The summed E-state index contributed by atoms with van der Waals surface area (Å²) in [7, 11) is 0. The fourth-order valence-corrected chi connectivity index (χ4v) is 2.11. The van der Waals surface area contributed by atoms with Crippen LogP contribution in [-0.2, 0) is 6.61 Å². The van der Waals surface area contributed by atoms with Crippen LogP contribution in [0, 0.1) is 17.7 Å². The molecule has 2 N–H and O–H groups in total.